The maximum Gasteiger partial charge on any atom is 0.187 e. The van der Waals surface area contributed by atoms with Gasteiger partial charge in [0.2, 0.25) is 0 Å². The smallest absolute Gasteiger partial charge is 0.187 e. The number of aliphatic hydroxyl groups is 8. The van der Waals surface area contributed by atoms with Gasteiger partial charge in [-0.1, -0.05) is 39.3 Å². The van der Waals surface area contributed by atoms with Crippen LogP contribution in [-0.2, 0) is 9.47 Å². The summed E-state index contributed by atoms with van der Waals surface area (Å²) < 4.78 is 12.6. The summed E-state index contributed by atoms with van der Waals surface area (Å²) in [6, 6.07) is 0. The standard InChI is InChI=1S/C36H62O10/c1-20(17-37)8-7-13-35(6,46-31-30(44)29(43)28(42)23(18-38)45-31)22-11-15-34(5)21(22)9-10-24-33(4)14-12-26(40)32(2,3)25(33)16-27(41)36(24,34)19-39/h8,21-31,37-44H,7,9-19H2,1-6H3/b20-8-/t21-,22+,23-,24-,25-,26+,27+,28-,29+,30-,31+,33-,34-,35+,36+/m1/s1. The van der Waals surface area contributed by atoms with Gasteiger partial charge in [-0.3, -0.25) is 0 Å². The summed E-state index contributed by atoms with van der Waals surface area (Å²) in [5.41, 5.74) is -1.68. The van der Waals surface area contributed by atoms with Gasteiger partial charge in [-0.25, -0.2) is 0 Å². The number of hydrogen-bond donors (Lipinski definition) is 8. The molecule has 0 aromatic heterocycles. The molecule has 4 aliphatic carbocycles. The van der Waals surface area contributed by atoms with Gasteiger partial charge in [0, 0.05) is 5.41 Å². The molecule has 0 unspecified atom stereocenters. The molecule has 0 bridgehead atoms. The Morgan fingerprint density at radius 1 is 0.870 bits per heavy atom. The number of rotatable bonds is 9. The van der Waals surface area contributed by atoms with Crippen molar-refractivity contribution in [1.82, 2.24) is 0 Å². The lowest BCUT2D eigenvalue weighted by atomic mass is 9.34. The Morgan fingerprint density at radius 3 is 2.20 bits per heavy atom. The van der Waals surface area contributed by atoms with E-state index < -0.39 is 66.0 Å². The third-order valence-electron chi connectivity index (χ3n) is 14.8. The molecule has 0 aromatic carbocycles. The highest BCUT2D eigenvalue weighted by atomic mass is 16.7. The van der Waals surface area contributed by atoms with Crippen LogP contribution >= 0.6 is 0 Å². The zero-order valence-corrected chi connectivity index (χ0v) is 28.8. The second-order valence-electron chi connectivity index (χ2n) is 17.1. The lowest BCUT2D eigenvalue weighted by Gasteiger charge is -2.71. The summed E-state index contributed by atoms with van der Waals surface area (Å²) in [4.78, 5) is 0. The minimum Gasteiger partial charge on any atom is -0.396 e. The highest BCUT2D eigenvalue weighted by Gasteiger charge is 2.74. The molecule has 1 saturated heterocycles. The van der Waals surface area contributed by atoms with Crippen LogP contribution in [0.2, 0.25) is 0 Å². The Labute approximate surface area is 274 Å². The first kappa shape index (κ1) is 36.6. The van der Waals surface area contributed by atoms with Crippen LogP contribution in [0.15, 0.2) is 11.6 Å². The van der Waals surface area contributed by atoms with Crippen molar-refractivity contribution in [3.8, 4) is 0 Å². The van der Waals surface area contributed by atoms with Crippen molar-refractivity contribution in [2.75, 3.05) is 19.8 Å². The van der Waals surface area contributed by atoms with Crippen molar-refractivity contribution in [1.29, 1.82) is 0 Å². The molecule has 10 heteroatoms. The second-order valence-corrected chi connectivity index (χ2v) is 17.1. The Kier molecular flexibility index (Phi) is 10.3. The number of aliphatic hydroxyl groups excluding tert-OH is 8. The van der Waals surface area contributed by atoms with Crippen molar-refractivity contribution < 1.29 is 50.3 Å². The van der Waals surface area contributed by atoms with Crippen LogP contribution in [0.4, 0.5) is 0 Å². The largest absolute Gasteiger partial charge is 0.396 e. The number of hydrogen-bond acceptors (Lipinski definition) is 10. The van der Waals surface area contributed by atoms with Crippen LogP contribution in [0.1, 0.15) is 99.3 Å². The molecule has 0 spiro atoms. The third kappa shape index (κ3) is 5.37. The molecule has 0 amide bonds. The molecule has 5 aliphatic rings. The number of fused-ring (bicyclic) bond motifs is 5. The van der Waals surface area contributed by atoms with Crippen molar-refractivity contribution in [3.05, 3.63) is 11.6 Å². The van der Waals surface area contributed by atoms with Gasteiger partial charge in [-0.2, -0.15) is 0 Å². The highest BCUT2D eigenvalue weighted by Crippen LogP contribution is 2.76. The zero-order valence-electron chi connectivity index (χ0n) is 28.8. The Hall–Kier alpha value is -0.660. The van der Waals surface area contributed by atoms with E-state index in [1.54, 1.807) is 0 Å². The Morgan fingerprint density at radius 2 is 1.57 bits per heavy atom. The fourth-order valence-corrected chi connectivity index (χ4v) is 12.0. The van der Waals surface area contributed by atoms with Crippen LogP contribution in [0, 0.1) is 45.3 Å². The average Bonchev–Trinajstić information content (AvgIpc) is 3.38. The Balaban J connectivity index is 1.51. The molecular formula is C36H62O10. The summed E-state index contributed by atoms with van der Waals surface area (Å²) in [5, 5.41) is 86.1. The van der Waals surface area contributed by atoms with Crippen molar-refractivity contribution in [2.24, 2.45) is 45.3 Å². The SMILES string of the molecule is C/C(=C/CC[C@](C)(O[C@@H]1O[C@H](CO)[C@@H](O)[C@H](O)[C@H]1O)[C@H]1CC[C@]2(C)[C@@H]1CC[C@@H]1[C@@]3(C)CC[C@H](O)C(C)(C)[C@H]3C[C@H](O)[C@]12CO)CO. The maximum atomic E-state index is 12.2. The average molecular weight is 655 g/mol. The molecule has 5 fully saturated rings. The van der Waals surface area contributed by atoms with Gasteiger partial charge in [-0.15, -0.1) is 0 Å². The predicted octanol–water partition coefficient (Wildman–Crippen LogP) is 2.27. The van der Waals surface area contributed by atoms with Gasteiger partial charge in [0.05, 0.1) is 37.6 Å². The van der Waals surface area contributed by atoms with E-state index in [1.165, 1.54) is 0 Å². The highest BCUT2D eigenvalue weighted by molar-refractivity contribution is 5.22. The van der Waals surface area contributed by atoms with E-state index in [-0.39, 0.29) is 47.7 Å². The first-order chi connectivity index (χ1) is 21.5. The van der Waals surface area contributed by atoms with E-state index in [2.05, 4.69) is 27.7 Å². The second kappa shape index (κ2) is 12.9. The van der Waals surface area contributed by atoms with Gasteiger partial charge in [0.1, 0.15) is 24.4 Å². The molecular weight excluding hydrogens is 592 g/mol. The summed E-state index contributed by atoms with van der Waals surface area (Å²) >= 11 is 0. The van der Waals surface area contributed by atoms with Crippen LogP contribution in [-0.4, -0.2) is 109 Å². The van der Waals surface area contributed by atoms with Crippen molar-refractivity contribution in [2.45, 2.75) is 148 Å². The summed E-state index contributed by atoms with van der Waals surface area (Å²) in [7, 11) is 0. The third-order valence-corrected chi connectivity index (χ3v) is 14.8. The molecule has 5 rings (SSSR count). The molecule has 8 N–H and O–H groups in total. The quantitative estimate of drug-likeness (QED) is 0.172. The molecule has 4 saturated carbocycles. The molecule has 266 valence electrons. The first-order valence-electron chi connectivity index (χ1n) is 17.7. The summed E-state index contributed by atoms with van der Waals surface area (Å²) in [6.07, 6.45) is 0.374. The van der Waals surface area contributed by atoms with Crippen LogP contribution < -0.4 is 0 Å². The molecule has 10 nitrogen and oxygen atoms in total. The summed E-state index contributed by atoms with van der Waals surface area (Å²) in [6.45, 7) is 12.0. The van der Waals surface area contributed by atoms with E-state index in [0.29, 0.717) is 25.7 Å². The maximum absolute atomic E-state index is 12.2. The van der Waals surface area contributed by atoms with E-state index in [1.807, 2.05) is 19.9 Å². The number of allylic oxidation sites excluding steroid dienone is 1. The van der Waals surface area contributed by atoms with Gasteiger partial charge in [0.15, 0.2) is 6.29 Å². The molecule has 0 radical (unpaired) electrons. The molecule has 46 heavy (non-hydrogen) atoms. The van der Waals surface area contributed by atoms with Gasteiger partial charge < -0.3 is 50.3 Å². The first-order valence-corrected chi connectivity index (χ1v) is 17.7. The minimum atomic E-state index is -1.55. The zero-order chi connectivity index (χ0) is 34.0. The van der Waals surface area contributed by atoms with Gasteiger partial charge in [-0.05, 0) is 112 Å². The molecule has 1 aliphatic heterocycles. The molecule has 0 aromatic rings. The van der Waals surface area contributed by atoms with E-state index in [4.69, 9.17) is 9.47 Å². The van der Waals surface area contributed by atoms with Crippen molar-refractivity contribution in [3.63, 3.8) is 0 Å². The van der Waals surface area contributed by atoms with E-state index in [0.717, 1.165) is 37.7 Å². The van der Waals surface area contributed by atoms with Crippen LogP contribution in [0.3, 0.4) is 0 Å². The fraction of sp³-hybridized carbons (Fsp3) is 0.944. The summed E-state index contributed by atoms with van der Waals surface area (Å²) in [5.74, 6) is 0.241. The van der Waals surface area contributed by atoms with Gasteiger partial charge >= 0.3 is 0 Å². The van der Waals surface area contributed by atoms with E-state index >= 15 is 0 Å². The lowest BCUT2D eigenvalue weighted by Crippen LogP contribution is -2.71. The van der Waals surface area contributed by atoms with Crippen LogP contribution in [0.25, 0.3) is 0 Å². The van der Waals surface area contributed by atoms with Crippen molar-refractivity contribution >= 4 is 0 Å². The lowest BCUT2D eigenvalue weighted by molar-refractivity contribution is -0.335. The Bertz CT molecular complexity index is 1110. The fourth-order valence-electron chi connectivity index (χ4n) is 12.0. The molecule has 1 heterocycles. The predicted molar refractivity (Wildman–Crippen MR) is 171 cm³/mol. The van der Waals surface area contributed by atoms with Gasteiger partial charge in [0.25, 0.3) is 0 Å². The van der Waals surface area contributed by atoms with Crippen LogP contribution in [0.5, 0.6) is 0 Å². The molecule has 15 atom stereocenters. The minimum absolute atomic E-state index is 0.0422. The van der Waals surface area contributed by atoms with E-state index in [9.17, 15) is 40.9 Å². The normalized spacial score (nSPS) is 50.3. The number of ether oxygens (including phenoxy) is 2. The monoisotopic (exact) mass is 654 g/mol. The topological polar surface area (TPSA) is 180 Å².